The fraction of sp³-hybridized carbons (Fsp3) is 0.143. The largest absolute Gasteiger partial charge is 0.366 e. The number of ether oxygens (including phenoxy) is 1. The third-order valence-electron chi connectivity index (χ3n) is 6.28. The minimum Gasteiger partial charge on any atom is -0.366 e. The Morgan fingerprint density at radius 1 is 0.600 bits per heavy atom. The minimum atomic E-state index is 0.275. The van der Waals surface area contributed by atoms with E-state index in [-0.39, 0.29) is 6.10 Å². The summed E-state index contributed by atoms with van der Waals surface area (Å²) >= 11 is 0. The highest BCUT2D eigenvalue weighted by molar-refractivity contribution is 5.88. The van der Waals surface area contributed by atoms with E-state index in [4.69, 9.17) is 4.74 Å². The van der Waals surface area contributed by atoms with Crippen LogP contribution in [0.1, 0.15) is 36.2 Å². The Hall–Kier alpha value is -3.36. The van der Waals surface area contributed by atoms with Crippen molar-refractivity contribution in [3.05, 3.63) is 114 Å². The van der Waals surface area contributed by atoms with E-state index in [1.54, 1.807) is 0 Å². The molecule has 2 aliphatic rings. The van der Waals surface area contributed by atoms with Crippen molar-refractivity contribution in [2.24, 2.45) is 0 Å². The van der Waals surface area contributed by atoms with E-state index in [1.807, 2.05) is 0 Å². The standard InChI is InChI=1S/C28H23NO/c1-3-9-21(10-4-1)29(22-11-5-2-6-12-22)26-14-8-7-13-23(26)20-15-16-24-25(19-20)28-18-17-27(24)30-28/h1-16,19,27-28H,17-18H2. The molecule has 2 bridgehead atoms. The molecule has 6 rings (SSSR count). The van der Waals surface area contributed by atoms with Crippen LogP contribution >= 0.6 is 0 Å². The molecular formula is C28H23NO. The molecule has 0 aromatic heterocycles. The van der Waals surface area contributed by atoms with Crippen molar-refractivity contribution < 1.29 is 4.74 Å². The molecule has 2 heterocycles. The summed E-state index contributed by atoms with van der Waals surface area (Å²) in [5.74, 6) is 0. The molecule has 146 valence electrons. The first-order valence-corrected chi connectivity index (χ1v) is 10.7. The molecule has 0 N–H and O–H groups in total. The molecule has 2 unspecified atom stereocenters. The SMILES string of the molecule is c1ccc(N(c2ccccc2)c2ccccc2-c2ccc3c(c2)C2CCC3O2)cc1. The summed E-state index contributed by atoms with van der Waals surface area (Å²) < 4.78 is 6.14. The van der Waals surface area contributed by atoms with Crippen molar-refractivity contribution in [1.82, 2.24) is 0 Å². The zero-order chi connectivity index (χ0) is 19.9. The predicted octanol–water partition coefficient (Wildman–Crippen LogP) is 7.73. The van der Waals surface area contributed by atoms with E-state index in [0.717, 1.165) is 24.2 Å². The Kier molecular flexibility index (Phi) is 4.17. The number of hydrogen-bond donors (Lipinski definition) is 0. The molecule has 0 aliphatic carbocycles. The van der Waals surface area contributed by atoms with E-state index in [1.165, 1.54) is 27.9 Å². The molecule has 30 heavy (non-hydrogen) atoms. The van der Waals surface area contributed by atoms with Crippen LogP contribution in [-0.4, -0.2) is 0 Å². The Morgan fingerprint density at radius 2 is 1.20 bits per heavy atom. The summed E-state index contributed by atoms with van der Waals surface area (Å²) in [6, 6.07) is 36.7. The number of nitrogens with zero attached hydrogens (tertiary/aromatic N) is 1. The lowest BCUT2D eigenvalue weighted by atomic mass is 9.88. The lowest BCUT2D eigenvalue weighted by molar-refractivity contribution is 0.0717. The normalized spacial score (nSPS) is 18.9. The number of hydrogen-bond acceptors (Lipinski definition) is 2. The molecule has 4 aromatic rings. The van der Waals surface area contributed by atoms with Crippen LogP contribution in [0.4, 0.5) is 17.1 Å². The van der Waals surface area contributed by atoms with Crippen LogP contribution in [0.25, 0.3) is 11.1 Å². The van der Waals surface area contributed by atoms with E-state index in [2.05, 4.69) is 108 Å². The molecule has 0 radical (unpaired) electrons. The third kappa shape index (κ3) is 2.84. The van der Waals surface area contributed by atoms with Gasteiger partial charge in [-0.25, -0.2) is 0 Å². The van der Waals surface area contributed by atoms with Gasteiger partial charge >= 0.3 is 0 Å². The van der Waals surface area contributed by atoms with Gasteiger partial charge in [0.25, 0.3) is 0 Å². The molecule has 4 aromatic carbocycles. The number of fused-ring (bicyclic) bond motifs is 5. The van der Waals surface area contributed by atoms with Crippen LogP contribution in [0.5, 0.6) is 0 Å². The maximum atomic E-state index is 6.14. The van der Waals surface area contributed by atoms with E-state index >= 15 is 0 Å². The van der Waals surface area contributed by atoms with Crippen LogP contribution in [0.3, 0.4) is 0 Å². The van der Waals surface area contributed by atoms with Crippen molar-refractivity contribution >= 4 is 17.1 Å². The van der Waals surface area contributed by atoms with Gasteiger partial charge in [0.2, 0.25) is 0 Å². The van der Waals surface area contributed by atoms with Crippen LogP contribution < -0.4 is 4.90 Å². The van der Waals surface area contributed by atoms with E-state index in [0.29, 0.717) is 6.10 Å². The lowest BCUT2D eigenvalue weighted by Gasteiger charge is -2.28. The van der Waals surface area contributed by atoms with Gasteiger partial charge in [0.15, 0.2) is 0 Å². The molecule has 2 nitrogen and oxygen atoms in total. The van der Waals surface area contributed by atoms with Gasteiger partial charge in [-0.3, -0.25) is 0 Å². The first-order valence-electron chi connectivity index (χ1n) is 10.7. The van der Waals surface area contributed by atoms with Gasteiger partial charge in [0, 0.05) is 16.9 Å². The van der Waals surface area contributed by atoms with Crippen molar-refractivity contribution in [3.63, 3.8) is 0 Å². The summed E-state index contributed by atoms with van der Waals surface area (Å²) in [5.41, 5.74) is 8.73. The van der Waals surface area contributed by atoms with Gasteiger partial charge in [-0.1, -0.05) is 66.7 Å². The highest BCUT2D eigenvalue weighted by Crippen LogP contribution is 2.52. The topological polar surface area (TPSA) is 12.5 Å². The summed E-state index contributed by atoms with van der Waals surface area (Å²) in [7, 11) is 0. The maximum Gasteiger partial charge on any atom is 0.0838 e. The summed E-state index contributed by atoms with van der Waals surface area (Å²) in [6.45, 7) is 0. The van der Waals surface area contributed by atoms with Gasteiger partial charge in [0.05, 0.1) is 17.9 Å². The molecule has 2 aliphatic heterocycles. The summed E-state index contributed by atoms with van der Waals surface area (Å²) in [4.78, 5) is 2.34. The fourth-order valence-electron chi connectivity index (χ4n) is 4.90. The highest BCUT2D eigenvalue weighted by Gasteiger charge is 2.37. The minimum absolute atomic E-state index is 0.275. The van der Waals surface area contributed by atoms with Crippen molar-refractivity contribution in [3.8, 4) is 11.1 Å². The summed E-state index contributed by atoms with van der Waals surface area (Å²) in [5, 5.41) is 0. The van der Waals surface area contributed by atoms with Crippen molar-refractivity contribution in [2.75, 3.05) is 4.90 Å². The van der Waals surface area contributed by atoms with E-state index in [9.17, 15) is 0 Å². The molecule has 0 amide bonds. The monoisotopic (exact) mass is 389 g/mol. The molecular weight excluding hydrogens is 366 g/mol. The maximum absolute atomic E-state index is 6.14. The van der Waals surface area contributed by atoms with Crippen LogP contribution in [0, 0.1) is 0 Å². The molecule has 2 atom stereocenters. The van der Waals surface area contributed by atoms with Crippen LogP contribution in [0.15, 0.2) is 103 Å². The number of rotatable bonds is 4. The molecule has 0 saturated carbocycles. The zero-order valence-electron chi connectivity index (χ0n) is 16.7. The Balaban J connectivity index is 1.52. The van der Waals surface area contributed by atoms with Crippen molar-refractivity contribution in [1.29, 1.82) is 0 Å². The van der Waals surface area contributed by atoms with Crippen LogP contribution in [0.2, 0.25) is 0 Å². The first-order chi connectivity index (χ1) is 14.9. The number of para-hydroxylation sites is 3. The van der Waals surface area contributed by atoms with Gasteiger partial charge in [-0.15, -0.1) is 0 Å². The lowest BCUT2D eigenvalue weighted by Crippen LogP contribution is -2.11. The van der Waals surface area contributed by atoms with Gasteiger partial charge in [-0.05, 0) is 65.9 Å². The Bertz CT molecular complexity index is 1150. The average Bonchev–Trinajstić information content (AvgIpc) is 3.44. The first kappa shape index (κ1) is 17.5. The van der Waals surface area contributed by atoms with Gasteiger partial charge < -0.3 is 9.64 Å². The number of benzene rings is 4. The highest BCUT2D eigenvalue weighted by atomic mass is 16.5. The summed E-state index contributed by atoms with van der Waals surface area (Å²) in [6.07, 6.45) is 2.88. The molecule has 1 fully saturated rings. The Labute approximate surface area is 177 Å². The van der Waals surface area contributed by atoms with Gasteiger partial charge in [-0.2, -0.15) is 0 Å². The second-order valence-corrected chi connectivity index (χ2v) is 8.06. The number of anilines is 3. The molecule has 0 spiro atoms. The Morgan fingerprint density at radius 3 is 1.90 bits per heavy atom. The van der Waals surface area contributed by atoms with E-state index < -0.39 is 0 Å². The van der Waals surface area contributed by atoms with Crippen LogP contribution in [-0.2, 0) is 4.74 Å². The zero-order valence-corrected chi connectivity index (χ0v) is 16.7. The molecule has 1 saturated heterocycles. The fourth-order valence-corrected chi connectivity index (χ4v) is 4.90. The second kappa shape index (κ2) is 7.16. The average molecular weight is 389 g/mol. The molecule has 2 heteroatoms. The smallest absolute Gasteiger partial charge is 0.0838 e. The van der Waals surface area contributed by atoms with Crippen molar-refractivity contribution in [2.45, 2.75) is 25.0 Å². The predicted molar refractivity (Wildman–Crippen MR) is 122 cm³/mol. The quantitative estimate of drug-likeness (QED) is 0.354. The second-order valence-electron chi connectivity index (χ2n) is 8.06. The third-order valence-corrected chi connectivity index (χ3v) is 6.28. The van der Waals surface area contributed by atoms with Gasteiger partial charge in [0.1, 0.15) is 0 Å².